The van der Waals surface area contributed by atoms with Crippen LogP contribution in [0.2, 0.25) is 0 Å². The maximum absolute atomic E-state index is 13.2. The van der Waals surface area contributed by atoms with Gasteiger partial charge in [0.05, 0.1) is 11.7 Å². The average Bonchev–Trinajstić information content (AvgIpc) is 3.54. The summed E-state index contributed by atoms with van der Waals surface area (Å²) >= 11 is 2.22. The summed E-state index contributed by atoms with van der Waals surface area (Å²) in [6.07, 6.45) is 4.54. The van der Waals surface area contributed by atoms with Gasteiger partial charge in [0.1, 0.15) is 30.3 Å². The van der Waals surface area contributed by atoms with E-state index in [4.69, 9.17) is 16.3 Å². The number of thioether (sulfide) groups is 1. The van der Waals surface area contributed by atoms with E-state index in [0.717, 1.165) is 16.4 Å². The molecule has 0 radical (unpaired) electrons. The van der Waals surface area contributed by atoms with Crippen molar-refractivity contribution in [2.24, 2.45) is 5.16 Å². The van der Waals surface area contributed by atoms with E-state index in [0.29, 0.717) is 35.6 Å². The molecule has 3 aromatic heterocycles. The number of carboxylic acid groups (broad SMARTS) is 1. The first-order valence-corrected chi connectivity index (χ1v) is 14.2. The van der Waals surface area contributed by atoms with Gasteiger partial charge in [0, 0.05) is 28.9 Å². The number of nitrogens with one attached hydrogen (secondary N) is 1. The summed E-state index contributed by atoms with van der Waals surface area (Å²) in [5, 5.41) is 22.5. The third-order valence-corrected chi connectivity index (χ3v) is 8.39. The molecule has 0 aliphatic carbocycles. The van der Waals surface area contributed by atoms with E-state index in [1.54, 1.807) is 33.6 Å². The third-order valence-electron chi connectivity index (χ3n) is 6.50. The number of carbonyl (C=O) groups is 3. The molecule has 5 heterocycles. The highest BCUT2D eigenvalue weighted by atomic mass is 32.2. The molecule has 0 spiro atoms. The van der Waals surface area contributed by atoms with Crippen LogP contribution >= 0.6 is 23.3 Å². The van der Waals surface area contributed by atoms with Gasteiger partial charge in [0.15, 0.2) is 17.1 Å². The summed E-state index contributed by atoms with van der Waals surface area (Å²) < 4.78 is 7.42. The summed E-state index contributed by atoms with van der Waals surface area (Å²) in [7, 11) is 0. The van der Waals surface area contributed by atoms with Crippen LogP contribution in [0.4, 0.5) is 10.9 Å². The Hall–Kier alpha value is -4.25. The molecule has 2 atom stereocenters. The van der Waals surface area contributed by atoms with Crippen LogP contribution in [0.1, 0.15) is 32.5 Å². The van der Waals surface area contributed by atoms with Crippen LogP contribution in [0.25, 0.3) is 5.65 Å². The number of rotatable bonds is 10. The van der Waals surface area contributed by atoms with Gasteiger partial charge in [0.2, 0.25) is 11.5 Å². The molecular weight excluding hydrogens is 560 g/mol. The SMILES string of the molecule is CCC(CC)O/N=C(\C(=O)N[C@@H]1C(=O)N2C(C(=O)[O-])=C(C[n+]3ccn4nc(N)ccc43)CS[C@H]12)c1nsc(N)n1. The predicted octanol–water partition coefficient (Wildman–Crippen LogP) is -1.35. The van der Waals surface area contributed by atoms with Crippen molar-refractivity contribution >= 4 is 63.4 Å². The van der Waals surface area contributed by atoms with Gasteiger partial charge in [-0.3, -0.25) is 14.5 Å². The number of carboxylic acids is 1. The second kappa shape index (κ2) is 11.1. The Bertz CT molecular complexity index is 1550. The van der Waals surface area contributed by atoms with Crippen LogP contribution in [0.5, 0.6) is 0 Å². The van der Waals surface area contributed by atoms with Crippen LogP contribution in [-0.4, -0.2) is 70.6 Å². The number of anilines is 2. The molecule has 5 N–H and O–H groups in total. The molecule has 1 fully saturated rings. The number of β-lactam (4-membered cyclic amide) rings is 1. The number of hydrogen-bond acceptors (Lipinski definition) is 13. The molecule has 3 aromatic rings. The summed E-state index contributed by atoms with van der Waals surface area (Å²) in [6, 6.07) is 2.40. The second-order valence-corrected chi connectivity index (χ2v) is 10.9. The molecule has 2 aliphatic rings. The molecule has 2 aliphatic heterocycles. The van der Waals surface area contributed by atoms with Crippen LogP contribution in [0.15, 0.2) is 41.0 Å². The molecule has 15 nitrogen and oxygen atoms in total. The van der Waals surface area contributed by atoms with Gasteiger partial charge in [-0.15, -0.1) is 11.8 Å². The number of aromatic nitrogens is 5. The molecule has 40 heavy (non-hydrogen) atoms. The summed E-state index contributed by atoms with van der Waals surface area (Å²) in [5.41, 5.74) is 12.2. The maximum atomic E-state index is 13.2. The van der Waals surface area contributed by atoms with E-state index in [9.17, 15) is 19.5 Å². The number of fused-ring (bicyclic) bond motifs is 2. The first-order chi connectivity index (χ1) is 19.2. The van der Waals surface area contributed by atoms with Crippen LogP contribution in [0.3, 0.4) is 0 Å². The van der Waals surface area contributed by atoms with Gasteiger partial charge < -0.3 is 31.5 Å². The molecule has 210 valence electrons. The molecule has 0 aromatic carbocycles. The predicted molar refractivity (Wildman–Crippen MR) is 143 cm³/mol. The lowest BCUT2D eigenvalue weighted by molar-refractivity contribution is -0.662. The molecule has 0 saturated carbocycles. The third kappa shape index (κ3) is 5.04. The molecule has 5 rings (SSSR count). The van der Waals surface area contributed by atoms with Gasteiger partial charge in [-0.2, -0.15) is 9.36 Å². The zero-order valence-electron chi connectivity index (χ0n) is 21.5. The van der Waals surface area contributed by atoms with E-state index < -0.39 is 29.2 Å². The number of amides is 2. The van der Waals surface area contributed by atoms with Gasteiger partial charge in [-0.1, -0.05) is 28.6 Å². The number of nitrogens with zero attached hydrogens (tertiary/aromatic N) is 7. The highest BCUT2D eigenvalue weighted by Crippen LogP contribution is 2.40. The standard InChI is InChI=1S/C23H26N10O5S2/c1-3-12(4-2)38-29-15(18-27-23(25)40-30-18)19(34)26-16-20(35)33-17(22(36)37)11(10-39-21(16)33)9-31-7-8-32-14(31)6-5-13(24)28-32/h5-8,12,16,21H,3-4,9-10H2,1-2H3,(H5-,24,25,26,27,28,30,34,36,37)/b29-15-/t16-,21-/m1/s1. The van der Waals surface area contributed by atoms with E-state index >= 15 is 0 Å². The van der Waals surface area contributed by atoms with Gasteiger partial charge in [-0.25, -0.2) is 4.57 Å². The van der Waals surface area contributed by atoms with E-state index in [1.807, 2.05) is 13.8 Å². The van der Waals surface area contributed by atoms with Gasteiger partial charge in [-0.05, 0) is 18.9 Å². The Labute approximate surface area is 236 Å². The van der Waals surface area contributed by atoms with Crippen LogP contribution in [0, 0.1) is 0 Å². The number of nitrogens with two attached hydrogens (primary N) is 2. The molecule has 0 unspecified atom stereocenters. The normalized spacial score (nSPS) is 19.1. The average molecular weight is 587 g/mol. The van der Waals surface area contributed by atoms with Crippen molar-refractivity contribution in [1.29, 1.82) is 0 Å². The largest absolute Gasteiger partial charge is 0.543 e. The van der Waals surface area contributed by atoms with Gasteiger partial charge >= 0.3 is 5.65 Å². The number of aliphatic carboxylic acids is 1. The Morgan fingerprint density at radius 1 is 1.32 bits per heavy atom. The summed E-state index contributed by atoms with van der Waals surface area (Å²) in [5.74, 6) is -2.21. The molecule has 2 amide bonds. The number of carbonyl (C=O) groups excluding carboxylic acids is 3. The van der Waals surface area contributed by atoms with Gasteiger partial charge in [0.25, 0.3) is 11.8 Å². The van der Waals surface area contributed by atoms with Crippen molar-refractivity contribution in [3.8, 4) is 0 Å². The molecule has 1 saturated heterocycles. The van der Waals surface area contributed by atoms with Crippen molar-refractivity contribution in [3.05, 3.63) is 41.6 Å². The minimum atomic E-state index is -1.48. The lowest BCUT2D eigenvalue weighted by Gasteiger charge is -2.50. The minimum absolute atomic E-state index is 0.0310. The van der Waals surface area contributed by atoms with Crippen molar-refractivity contribution in [3.63, 3.8) is 0 Å². The van der Waals surface area contributed by atoms with Crippen molar-refractivity contribution < 1.29 is 28.9 Å². The van der Waals surface area contributed by atoms with E-state index in [-0.39, 0.29) is 35.0 Å². The number of hydrogen-bond donors (Lipinski definition) is 3. The van der Waals surface area contributed by atoms with E-state index in [1.165, 1.54) is 11.8 Å². The fourth-order valence-electron chi connectivity index (χ4n) is 4.42. The van der Waals surface area contributed by atoms with Crippen molar-refractivity contribution in [2.45, 2.75) is 50.8 Å². The highest BCUT2D eigenvalue weighted by Gasteiger charge is 2.53. The fraction of sp³-hybridized carbons (Fsp3) is 0.391. The Kier molecular flexibility index (Phi) is 7.57. The van der Waals surface area contributed by atoms with E-state index in [2.05, 4.69) is 24.9 Å². The zero-order valence-corrected chi connectivity index (χ0v) is 23.1. The highest BCUT2D eigenvalue weighted by molar-refractivity contribution is 8.00. The summed E-state index contributed by atoms with van der Waals surface area (Å²) in [6.45, 7) is 4.03. The fourth-order valence-corrected chi connectivity index (χ4v) is 6.19. The number of nitrogen functional groups attached to an aromatic ring is 2. The number of oxime groups is 1. The molecule has 17 heteroatoms. The topological polar surface area (TPSA) is 210 Å². The van der Waals surface area contributed by atoms with Crippen molar-refractivity contribution in [2.75, 3.05) is 17.2 Å². The maximum Gasteiger partial charge on any atom is 0.307 e. The Balaban J connectivity index is 1.36. The quantitative estimate of drug-likeness (QED) is 0.109. The lowest BCUT2D eigenvalue weighted by atomic mass is 10.0. The smallest absolute Gasteiger partial charge is 0.307 e. The zero-order chi connectivity index (χ0) is 28.6. The molecule has 0 bridgehead atoms. The lowest BCUT2D eigenvalue weighted by Crippen LogP contribution is -2.71. The Morgan fingerprint density at radius 2 is 2.10 bits per heavy atom. The second-order valence-electron chi connectivity index (χ2n) is 9.03. The van der Waals surface area contributed by atoms with Crippen LogP contribution in [-0.2, 0) is 25.8 Å². The number of imidazole rings is 1. The van der Waals surface area contributed by atoms with Crippen LogP contribution < -0.4 is 26.5 Å². The molecular formula is C23H26N10O5S2. The minimum Gasteiger partial charge on any atom is -0.543 e. The van der Waals surface area contributed by atoms with Crippen molar-refractivity contribution in [1.82, 2.24) is 29.2 Å². The summed E-state index contributed by atoms with van der Waals surface area (Å²) in [4.78, 5) is 49.3. The first-order valence-electron chi connectivity index (χ1n) is 12.4. The monoisotopic (exact) mass is 586 g/mol. The first kappa shape index (κ1) is 27.3. The Morgan fingerprint density at radius 3 is 2.77 bits per heavy atom.